The molecular weight excluding hydrogens is 190 g/mol. The summed E-state index contributed by atoms with van der Waals surface area (Å²) in [6.07, 6.45) is 3.13. The van der Waals surface area contributed by atoms with Gasteiger partial charge in [-0.15, -0.1) is 0 Å². The first-order valence-electron chi connectivity index (χ1n) is 6.07. The number of carbonyl (C=O) groups is 1. The predicted octanol–water partition coefficient (Wildman–Crippen LogP) is 0.455. The molecule has 2 aliphatic rings. The zero-order valence-corrected chi connectivity index (χ0v) is 9.54. The van der Waals surface area contributed by atoms with E-state index in [0.717, 1.165) is 45.1 Å². The molecule has 1 unspecified atom stereocenters. The Hall–Kier alpha value is -0.610. The van der Waals surface area contributed by atoms with Crippen LogP contribution in [-0.4, -0.2) is 48.6 Å². The SMILES string of the molecule is CCN1CCC(=O)N1CCC1CCNC1. The van der Waals surface area contributed by atoms with Gasteiger partial charge in [-0.3, -0.25) is 9.80 Å². The molecule has 0 aromatic carbocycles. The summed E-state index contributed by atoms with van der Waals surface area (Å²) in [6, 6.07) is 0. The van der Waals surface area contributed by atoms with Crippen LogP contribution in [0.4, 0.5) is 0 Å². The van der Waals surface area contributed by atoms with Gasteiger partial charge in [-0.05, 0) is 31.8 Å². The summed E-state index contributed by atoms with van der Waals surface area (Å²) >= 11 is 0. The van der Waals surface area contributed by atoms with Crippen molar-refractivity contribution in [1.29, 1.82) is 0 Å². The van der Waals surface area contributed by atoms with E-state index in [9.17, 15) is 4.79 Å². The molecule has 0 aromatic rings. The topological polar surface area (TPSA) is 35.6 Å². The number of carbonyl (C=O) groups excluding carboxylic acids is 1. The molecule has 0 bridgehead atoms. The smallest absolute Gasteiger partial charge is 0.238 e. The van der Waals surface area contributed by atoms with Crippen molar-refractivity contribution in [3.05, 3.63) is 0 Å². The molecule has 2 rings (SSSR count). The lowest BCUT2D eigenvalue weighted by Crippen LogP contribution is -2.40. The van der Waals surface area contributed by atoms with Crippen molar-refractivity contribution in [3.8, 4) is 0 Å². The Morgan fingerprint density at radius 2 is 2.40 bits per heavy atom. The maximum Gasteiger partial charge on any atom is 0.238 e. The molecule has 1 N–H and O–H groups in total. The van der Waals surface area contributed by atoms with E-state index in [0.29, 0.717) is 12.3 Å². The van der Waals surface area contributed by atoms with Gasteiger partial charge in [0, 0.05) is 26.1 Å². The van der Waals surface area contributed by atoms with E-state index in [1.165, 1.54) is 6.42 Å². The maximum atomic E-state index is 11.6. The molecule has 2 aliphatic heterocycles. The summed E-state index contributed by atoms with van der Waals surface area (Å²) < 4.78 is 0. The van der Waals surface area contributed by atoms with E-state index in [1.54, 1.807) is 0 Å². The van der Waals surface area contributed by atoms with Crippen LogP contribution in [-0.2, 0) is 4.79 Å². The van der Waals surface area contributed by atoms with E-state index in [2.05, 4.69) is 17.2 Å². The van der Waals surface area contributed by atoms with E-state index >= 15 is 0 Å². The number of hydrogen-bond acceptors (Lipinski definition) is 3. The molecule has 0 aromatic heterocycles. The van der Waals surface area contributed by atoms with Gasteiger partial charge in [-0.25, -0.2) is 5.01 Å². The van der Waals surface area contributed by atoms with Crippen molar-refractivity contribution in [2.45, 2.75) is 26.2 Å². The third-order valence-corrected chi connectivity index (χ3v) is 3.49. The van der Waals surface area contributed by atoms with Gasteiger partial charge in [0.1, 0.15) is 0 Å². The minimum atomic E-state index is 0.308. The van der Waals surface area contributed by atoms with Crippen LogP contribution in [0.1, 0.15) is 26.2 Å². The van der Waals surface area contributed by atoms with Crippen LogP contribution >= 0.6 is 0 Å². The molecule has 4 heteroatoms. The van der Waals surface area contributed by atoms with Crippen molar-refractivity contribution < 1.29 is 4.79 Å². The number of nitrogens with zero attached hydrogens (tertiary/aromatic N) is 2. The molecule has 1 atom stereocenters. The molecule has 4 nitrogen and oxygen atoms in total. The molecule has 1 amide bonds. The van der Waals surface area contributed by atoms with Crippen molar-refractivity contribution >= 4 is 5.91 Å². The molecule has 2 fully saturated rings. The minimum Gasteiger partial charge on any atom is -0.316 e. The lowest BCUT2D eigenvalue weighted by Gasteiger charge is -2.27. The molecule has 0 saturated carbocycles. The van der Waals surface area contributed by atoms with Crippen LogP contribution in [0.5, 0.6) is 0 Å². The van der Waals surface area contributed by atoms with E-state index < -0.39 is 0 Å². The van der Waals surface area contributed by atoms with Crippen molar-refractivity contribution in [1.82, 2.24) is 15.3 Å². The van der Waals surface area contributed by atoms with Crippen molar-refractivity contribution in [3.63, 3.8) is 0 Å². The molecule has 0 spiro atoms. The van der Waals surface area contributed by atoms with Gasteiger partial charge in [0.05, 0.1) is 0 Å². The Morgan fingerprint density at radius 1 is 1.53 bits per heavy atom. The highest BCUT2D eigenvalue weighted by Crippen LogP contribution is 2.17. The fraction of sp³-hybridized carbons (Fsp3) is 0.909. The Bertz CT molecular complexity index is 226. The van der Waals surface area contributed by atoms with Gasteiger partial charge in [0.25, 0.3) is 0 Å². The van der Waals surface area contributed by atoms with E-state index in [1.807, 2.05) is 5.01 Å². The Kier molecular flexibility index (Phi) is 3.59. The summed E-state index contributed by atoms with van der Waals surface area (Å²) in [5, 5.41) is 7.50. The molecule has 2 heterocycles. The fourth-order valence-electron chi connectivity index (χ4n) is 2.49. The van der Waals surface area contributed by atoms with Gasteiger partial charge in [-0.1, -0.05) is 6.92 Å². The molecular formula is C11H21N3O. The number of nitrogens with one attached hydrogen (secondary N) is 1. The molecule has 0 radical (unpaired) electrons. The van der Waals surface area contributed by atoms with Gasteiger partial charge < -0.3 is 5.32 Å². The number of amides is 1. The van der Waals surface area contributed by atoms with Gasteiger partial charge in [-0.2, -0.15) is 0 Å². The zero-order valence-electron chi connectivity index (χ0n) is 9.54. The summed E-state index contributed by atoms with van der Waals surface area (Å²) in [5.41, 5.74) is 0. The lowest BCUT2D eigenvalue weighted by molar-refractivity contribution is -0.138. The highest BCUT2D eigenvalue weighted by molar-refractivity contribution is 5.77. The average molecular weight is 211 g/mol. The van der Waals surface area contributed by atoms with Crippen LogP contribution in [0.15, 0.2) is 0 Å². The van der Waals surface area contributed by atoms with Crippen LogP contribution in [0.25, 0.3) is 0 Å². The zero-order chi connectivity index (χ0) is 10.7. The maximum absolute atomic E-state index is 11.6. The highest BCUT2D eigenvalue weighted by Gasteiger charge is 2.28. The monoisotopic (exact) mass is 211 g/mol. The average Bonchev–Trinajstić information content (AvgIpc) is 2.84. The number of hydrogen-bond donors (Lipinski definition) is 1. The van der Waals surface area contributed by atoms with Crippen LogP contribution < -0.4 is 5.32 Å². The summed E-state index contributed by atoms with van der Waals surface area (Å²) in [6.45, 7) is 7.18. The number of rotatable bonds is 4. The molecule has 2 saturated heterocycles. The Balaban J connectivity index is 1.78. The van der Waals surface area contributed by atoms with Gasteiger partial charge in [0.2, 0.25) is 5.91 Å². The Labute approximate surface area is 91.6 Å². The summed E-state index contributed by atoms with van der Waals surface area (Å²) in [4.78, 5) is 11.6. The molecule has 15 heavy (non-hydrogen) atoms. The second-order valence-electron chi connectivity index (χ2n) is 4.46. The third-order valence-electron chi connectivity index (χ3n) is 3.49. The summed E-state index contributed by atoms with van der Waals surface area (Å²) in [5.74, 6) is 1.08. The van der Waals surface area contributed by atoms with Gasteiger partial charge in [0.15, 0.2) is 0 Å². The quantitative estimate of drug-likeness (QED) is 0.733. The molecule has 86 valence electrons. The van der Waals surface area contributed by atoms with E-state index in [4.69, 9.17) is 0 Å². The van der Waals surface area contributed by atoms with Crippen molar-refractivity contribution in [2.75, 3.05) is 32.7 Å². The van der Waals surface area contributed by atoms with Crippen molar-refractivity contribution in [2.24, 2.45) is 5.92 Å². The first-order valence-corrected chi connectivity index (χ1v) is 6.07. The Morgan fingerprint density at radius 3 is 3.07 bits per heavy atom. The van der Waals surface area contributed by atoms with Crippen LogP contribution in [0, 0.1) is 5.92 Å². The lowest BCUT2D eigenvalue weighted by atomic mass is 10.1. The molecule has 0 aliphatic carbocycles. The first-order chi connectivity index (χ1) is 7.31. The second kappa shape index (κ2) is 4.94. The normalized spacial score (nSPS) is 27.9. The largest absolute Gasteiger partial charge is 0.316 e. The second-order valence-corrected chi connectivity index (χ2v) is 4.46. The highest BCUT2D eigenvalue weighted by atomic mass is 16.2. The number of hydrazine groups is 1. The fourth-order valence-corrected chi connectivity index (χ4v) is 2.49. The standard InChI is InChI=1S/C11H21N3O/c1-2-13-7-5-11(15)14(13)8-4-10-3-6-12-9-10/h10,12H,2-9H2,1H3. The van der Waals surface area contributed by atoms with Gasteiger partial charge >= 0.3 is 0 Å². The van der Waals surface area contributed by atoms with Crippen LogP contribution in [0.2, 0.25) is 0 Å². The first kappa shape index (κ1) is 10.9. The van der Waals surface area contributed by atoms with Crippen LogP contribution in [0.3, 0.4) is 0 Å². The third kappa shape index (κ3) is 2.49. The predicted molar refractivity (Wildman–Crippen MR) is 59.2 cm³/mol. The minimum absolute atomic E-state index is 0.308. The summed E-state index contributed by atoms with van der Waals surface area (Å²) in [7, 11) is 0. The van der Waals surface area contributed by atoms with E-state index in [-0.39, 0.29) is 0 Å².